The highest BCUT2D eigenvalue weighted by Gasteiger charge is 2.14. The summed E-state index contributed by atoms with van der Waals surface area (Å²) in [6.45, 7) is 0. The van der Waals surface area contributed by atoms with Crippen molar-refractivity contribution in [1.29, 1.82) is 0 Å². The van der Waals surface area contributed by atoms with Gasteiger partial charge in [0.25, 0.3) is 0 Å². The van der Waals surface area contributed by atoms with Crippen LogP contribution in [0, 0.1) is 0 Å². The summed E-state index contributed by atoms with van der Waals surface area (Å²) in [5, 5.41) is 5.18. The van der Waals surface area contributed by atoms with E-state index in [1.165, 1.54) is 43.6 Å². The molecule has 0 saturated carbocycles. The minimum absolute atomic E-state index is 1.14. The van der Waals surface area contributed by atoms with Crippen LogP contribution in [0.25, 0.3) is 49.1 Å². The number of para-hydroxylation sites is 3. The molecule has 0 fully saturated rings. The monoisotopic (exact) mass is 306 g/mol. The van der Waals surface area contributed by atoms with E-state index in [1.807, 2.05) is 0 Å². The second kappa shape index (κ2) is 4.18. The van der Waals surface area contributed by atoms with Crippen molar-refractivity contribution >= 4 is 49.1 Å². The van der Waals surface area contributed by atoms with Gasteiger partial charge in [0.1, 0.15) is 0 Å². The third-order valence-electron chi connectivity index (χ3n) is 5.09. The molecular formula is C22H14N2. The zero-order valence-electron chi connectivity index (χ0n) is 13.0. The number of hydrogen-bond acceptors (Lipinski definition) is 0. The van der Waals surface area contributed by atoms with E-state index in [4.69, 9.17) is 0 Å². The van der Waals surface area contributed by atoms with Gasteiger partial charge in [0.05, 0.1) is 22.1 Å². The number of H-pyrrole nitrogens is 1. The van der Waals surface area contributed by atoms with E-state index in [0.29, 0.717) is 0 Å². The normalized spacial score (nSPS) is 12.2. The van der Waals surface area contributed by atoms with Crippen LogP contribution < -0.4 is 0 Å². The SMILES string of the molecule is c1cc2ccc3c4ccccc4n4c5ccccc5[nH]c(c1)c2c34. The van der Waals surface area contributed by atoms with Crippen molar-refractivity contribution in [3.63, 3.8) is 0 Å². The van der Waals surface area contributed by atoms with Crippen molar-refractivity contribution in [2.75, 3.05) is 0 Å². The number of hydrogen-bond donors (Lipinski definition) is 1. The van der Waals surface area contributed by atoms with E-state index < -0.39 is 0 Å². The first-order valence-corrected chi connectivity index (χ1v) is 8.23. The fraction of sp³-hybridized carbons (Fsp3) is 0. The fourth-order valence-corrected chi connectivity index (χ4v) is 4.10. The molecular weight excluding hydrogens is 292 g/mol. The van der Waals surface area contributed by atoms with Gasteiger partial charge < -0.3 is 9.38 Å². The Bertz CT molecular complexity index is 1380. The molecule has 6 rings (SSSR count). The Kier molecular flexibility index (Phi) is 2.12. The molecule has 2 nitrogen and oxygen atoms in total. The molecule has 2 heterocycles. The summed E-state index contributed by atoms with van der Waals surface area (Å²) < 4.78 is 2.41. The fourth-order valence-electron chi connectivity index (χ4n) is 4.10. The average molecular weight is 306 g/mol. The highest BCUT2D eigenvalue weighted by molar-refractivity contribution is 6.23. The first kappa shape index (κ1) is 12.2. The van der Waals surface area contributed by atoms with Crippen LogP contribution in [0.15, 0.2) is 78.9 Å². The maximum Gasteiger partial charge on any atom is 0.0697 e. The molecule has 0 aliphatic rings. The summed E-state index contributed by atoms with van der Waals surface area (Å²) >= 11 is 0. The molecule has 24 heavy (non-hydrogen) atoms. The Labute approximate surface area is 137 Å². The van der Waals surface area contributed by atoms with Crippen LogP contribution in [0.5, 0.6) is 0 Å². The lowest BCUT2D eigenvalue weighted by atomic mass is 10.0. The number of aromatic nitrogens is 2. The molecule has 0 radical (unpaired) electrons. The quantitative estimate of drug-likeness (QED) is 0.361. The first-order valence-electron chi connectivity index (χ1n) is 8.23. The number of fused-ring (bicyclic) bond motifs is 5. The zero-order chi connectivity index (χ0) is 15.7. The third-order valence-corrected chi connectivity index (χ3v) is 5.09. The number of rotatable bonds is 0. The summed E-state index contributed by atoms with van der Waals surface area (Å²) in [6, 6.07) is 28.2. The predicted octanol–water partition coefficient (Wildman–Crippen LogP) is 5.88. The van der Waals surface area contributed by atoms with E-state index in [2.05, 4.69) is 88.2 Å². The van der Waals surface area contributed by atoms with E-state index in [1.54, 1.807) is 0 Å². The molecule has 1 N–H and O–H groups in total. The minimum Gasteiger partial charge on any atom is -0.353 e. The smallest absolute Gasteiger partial charge is 0.0697 e. The van der Waals surface area contributed by atoms with Gasteiger partial charge in [-0.3, -0.25) is 0 Å². The molecule has 0 saturated heterocycles. The highest BCUT2D eigenvalue weighted by atomic mass is 14.9. The maximum atomic E-state index is 3.65. The van der Waals surface area contributed by atoms with Crippen LogP contribution >= 0.6 is 0 Å². The van der Waals surface area contributed by atoms with Gasteiger partial charge >= 0.3 is 0 Å². The molecule has 6 aromatic rings. The number of benzene rings is 4. The standard InChI is InChI=1S/C22H14N2/c1-3-10-19-15(7-1)16-13-12-14-6-5-9-18-21(14)22(16)24(19)20-11-4-2-8-17(20)23-18/h1-13,23H. The van der Waals surface area contributed by atoms with Crippen molar-refractivity contribution in [3.05, 3.63) is 78.9 Å². The zero-order valence-corrected chi connectivity index (χ0v) is 13.0. The van der Waals surface area contributed by atoms with Gasteiger partial charge in [-0.2, -0.15) is 0 Å². The molecule has 0 aliphatic heterocycles. The van der Waals surface area contributed by atoms with E-state index in [-0.39, 0.29) is 0 Å². The number of nitrogens with one attached hydrogen (secondary N) is 1. The summed E-state index contributed by atoms with van der Waals surface area (Å²) in [7, 11) is 0. The molecule has 0 bridgehead atoms. The second-order valence-corrected chi connectivity index (χ2v) is 6.36. The van der Waals surface area contributed by atoms with Gasteiger partial charge in [-0.15, -0.1) is 0 Å². The lowest BCUT2D eigenvalue weighted by Crippen LogP contribution is -1.84. The van der Waals surface area contributed by atoms with Crippen LogP contribution in [-0.2, 0) is 0 Å². The van der Waals surface area contributed by atoms with Crippen LogP contribution in [0.3, 0.4) is 0 Å². The topological polar surface area (TPSA) is 20.2 Å². The Morgan fingerprint density at radius 3 is 2.33 bits per heavy atom. The lowest BCUT2D eigenvalue weighted by Gasteiger charge is -2.02. The molecule has 0 unspecified atom stereocenters. The van der Waals surface area contributed by atoms with Crippen LogP contribution in [0.1, 0.15) is 0 Å². The van der Waals surface area contributed by atoms with Crippen LogP contribution in [0.4, 0.5) is 0 Å². The molecule has 0 spiro atoms. The van der Waals surface area contributed by atoms with Gasteiger partial charge in [-0.25, -0.2) is 0 Å². The van der Waals surface area contributed by atoms with Gasteiger partial charge in [-0.1, -0.05) is 54.6 Å². The van der Waals surface area contributed by atoms with Gasteiger partial charge in [0, 0.05) is 21.7 Å². The van der Waals surface area contributed by atoms with Crippen molar-refractivity contribution in [3.8, 4) is 0 Å². The van der Waals surface area contributed by atoms with Gasteiger partial charge in [0.15, 0.2) is 0 Å². The molecule has 0 amide bonds. The second-order valence-electron chi connectivity index (χ2n) is 6.36. The first-order chi connectivity index (χ1) is 11.9. The minimum atomic E-state index is 1.14. The number of nitrogens with zero attached hydrogens (tertiary/aromatic N) is 1. The summed E-state index contributed by atoms with van der Waals surface area (Å²) in [5.74, 6) is 0. The van der Waals surface area contributed by atoms with Crippen molar-refractivity contribution in [1.82, 2.24) is 9.38 Å². The maximum absolute atomic E-state index is 3.65. The summed E-state index contributed by atoms with van der Waals surface area (Å²) in [4.78, 5) is 3.65. The Hall–Kier alpha value is -3.26. The van der Waals surface area contributed by atoms with Gasteiger partial charge in [0.2, 0.25) is 0 Å². The van der Waals surface area contributed by atoms with E-state index in [9.17, 15) is 0 Å². The molecule has 0 atom stereocenters. The lowest BCUT2D eigenvalue weighted by molar-refractivity contribution is 1.35. The van der Waals surface area contributed by atoms with Gasteiger partial charge in [-0.05, 0) is 29.7 Å². The molecule has 2 heteroatoms. The Morgan fingerprint density at radius 2 is 1.38 bits per heavy atom. The Balaban J connectivity index is 2.18. The summed E-state index contributed by atoms with van der Waals surface area (Å²) in [5.41, 5.74) is 6.07. The third kappa shape index (κ3) is 1.36. The molecule has 2 aromatic heterocycles. The van der Waals surface area contributed by atoms with E-state index >= 15 is 0 Å². The predicted molar refractivity (Wildman–Crippen MR) is 102 cm³/mol. The molecule has 0 aliphatic carbocycles. The van der Waals surface area contributed by atoms with Crippen LogP contribution in [0.2, 0.25) is 0 Å². The number of aromatic amines is 1. The summed E-state index contributed by atoms with van der Waals surface area (Å²) in [6.07, 6.45) is 0. The Morgan fingerprint density at radius 1 is 0.583 bits per heavy atom. The van der Waals surface area contributed by atoms with Crippen molar-refractivity contribution in [2.24, 2.45) is 0 Å². The molecule has 4 aromatic carbocycles. The largest absolute Gasteiger partial charge is 0.353 e. The highest BCUT2D eigenvalue weighted by Crippen LogP contribution is 2.37. The average Bonchev–Trinajstić information content (AvgIpc) is 2.88. The van der Waals surface area contributed by atoms with Crippen molar-refractivity contribution in [2.45, 2.75) is 0 Å². The van der Waals surface area contributed by atoms with E-state index in [0.717, 1.165) is 5.52 Å². The molecule has 112 valence electrons. The van der Waals surface area contributed by atoms with Crippen molar-refractivity contribution < 1.29 is 0 Å². The van der Waals surface area contributed by atoms with Crippen LogP contribution in [-0.4, -0.2) is 9.38 Å².